The van der Waals surface area contributed by atoms with Crippen LogP contribution in [-0.4, -0.2) is 16.5 Å². The molecule has 98 valence electrons. The molecule has 0 spiro atoms. The van der Waals surface area contributed by atoms with Crippen molar-refractivity contribution in [1.82, 2.24) is 9.38 Å². The number of imidazole rings is 1. The lowest BCUT2D eigenvalue weighted by Gasteiger charge is -2.10. The summed E-state index contributed by atoms with van der Waals surface area (Å²) < 4.78 is 7.55. The standard InChI is InChI=1S/C14H15N3OS/c1-9-3-4-11(18-2)10(7-9)13-12(8-15)19-14-16-5-6-17(13)14/h3-7H,8,15H2,1-2H3. The van der Waals surface area contributed by atoms with Crippen LogP contribution in [0.5, 0.6) is 5.75 Å². The highest BCUT2D eigenvalue weighted by molar-refractivity contribution is 7.17. The van der Waals surface area contributed by atoms with E-state index in [-0.39, 0.29) is 0 Å². The minimum Gasteiger partial charge on any atom is -0.496 e. The molecule has 2 N–H and O–H groups in total. The molecule has 0 radical (unpaired) electrons. The molecule has 0 fully saturated rings. The van der Waals surface area contributed by atoms with Gasteiger partial charge >= 0.3 is 0 Å². The smallest absolute Gasteiger partial charge is 0.194 e. The first-order valence-electron chi connectivity index (χ1n) is 6.04. The normalized spacial score (nSPS) is 11.1. The summed E-state index contributed by atoms with van der Waals surface area (Å²) in [6.45, 7) is 2.57. The van der Waals surface area contributed by atoms with Crippen LogP contribution in [0.1, 0.15) is 10.4 Å². The minimum atomic E-state index is 0.500. The van der Waals surface area contributed by atoms with Gasteiger partial charge in [-0.05, 0) is 19.1 Å². The summed E-state index contributed by atoms with van der Waals surface area (Å²) in [6, 6.07) is 6.16. The van der Waals surface area contributed by atoms with E-state index in [0.717, 1.165) is 26.8 Å². The van der Waals surface area contributed by atoms with Gasteiger partial charge in [-0.25, -0.2) is 4.98 Å². The van der Waals surface area contributed by atoms with Crippen molar-refractivity contribution in [2.75, 3.05) is 7.11 Å². The van der Waals surface area contributed by atoms with Crippen molar-refractivity contribution >= 4 is 16.3 Å². The molecule has 0 atom stereocenters. The highest BCUT2D eigenvalue weighted by Crippen LogP contribution is 2.37. The van der Waals surface area contributed by atoms with E-state index in [4.69, 9.17) is 10.5 Å². The van der Waals surface area contributed by atoms with Gasteiger partial charge in [0.05, 0.1) is 12.8 Å². The van der Waals surface area contributed by atoms with Crippen molar-refractivity contribution in [3.63, 3.8) is 0 Å². The molecule has 0 amide bonds. The Morgan fingerprint density at radius 1 is 1.42 bits per heavy atom. The van der Waals surface area contributed by atoms with Crippen molar-refractivity contribution in [2.45, 2.75) is 13.5 Å². The first-order chi connectivity index (χ1) is 9.24. The lowest BCUT2D eigenvalue weighted by atomic mass is 10.1. The Kier molecular flexibility index (Phi) is 3.00. The van der Waals surface area contributed by atoms with E-state index in [1.165, 1.54) is 5.56 Å². The van der Waals surface area contributed by atoms with Gasteiger partial charge in [-0.1, -0.05) is 23.0 Å². The molecule has 0 aliphatic heterocycles. The zero-order chi connectivity index (χ0) is 13.4. The molecule has 0 aliphatic carbocycles. The van der Waals surface area contributed by atoms with Gasteiger partial charge in [0.15, 0.2) is 4.96 Å². The van der Waals surface area contributed by atoms with Crippen molar-refractivity contribution in [2.24, 2.45) is 5.73 Å². The van der Waals surface area contributed by atoms with E-state index < -0.39 is 0 Å². The summed E-state index contributed by atoms with van der Waals surface area (Å²) in [5.74, 6) is 0.855. The van der Waals surface area contributed by atoms with Crippen LogP contribution >= 0.6 is 11.3 Å². The minimum absolute atomic E-state index is 0.500. The number of methoxy groups -OCH3 is 1. The number of nitrogens with zero attached hydrogens (tertiary/aromatic N) is 2. The highest BCUT2D eigenvalue weighted by Gasteiger charge is 2.17. The van der Waals surface area contributed by atoms with Gasteiger partial charge in [0.25, 0.3) is 0 Å². The van der Waals surface area contributed by atoms with Crippen LogP contribution in [0.15, 0.2) is 30.6 Å². The number of aryl methyl sites for hydroxylation is 1. The predicted octanol–water partition coefficient (Wildman–Crippen LogP) is 2.84. The number of nitrogens with two attached hydrogens (primary N) is 1. The fraction of sp³-hybridized carbons (Fsp3) is 0.214. The monoisotopic (exact) mass is 273 g/mol. The van der Waals surface area contributed by atoms with Crippen LogP contribution < -0.4 is 10.5 Å². The first-order valence-corrected chi connectivity index (χ1v) is 6.86. The third-order valence-electron chi connectivity index (χ3n) is 3.12. The second-order valence-electron chi connectivity index (χ2n) is 4.36. The van der Waals surface area contributed by atoms with Crippen molar-refractivity contribution in [3.05, 3.63) is 41.0 Å². The van der Waals surface area contributed by atoms with Gasteiger partial charge in [-0.15, -0.1) is 0 Å². The lowest BCUT2D eigenvalue weighted by Crippen LogP contribution is -1.99. The lowest BCUT2D eigenvalue weighted by molar-refractivity contribution is 0.416. The Balaban J connectivity index is 2.34. The molecular formula is C14H15N3OS. The molecule has 1 aromatic carbocycles. The van der Waals surface area contributed by atoms with E-state index in [0.29, 0.717) is 6.54 Å². The van der Waals surface area contributed by atoms with E-state index in [1.54, 1.807) is 24.6 Å². The average molecular weight is 273 g/mol. The summed E-state index contributed by atoms with van der Waals surface area (Å²) in [7, 11) is 1.69. The van der Waals surface area contributed by atoms with E-state index in [1.807, 2.05) is 18.3 Å². The molecule has 0 saturated heterocycles. The summed E-state index contributed by atoms with van der Waals surface area (Å²) in [6.07, 6.45) is 3.76. The molecule has 5 heteroatoms. The number of thiazole rings is 1. The number of hydrogen-bond donors (Lipinski definition) is 1. The zero-order valence-corrected chi connectivity index (χ0v) is 11.7. The first kappa shape index (κ1) is 12.2. The van der Waals surface area contributed by atoms with Gasteiger partial charge in [0, 0.05) is 29.4 Å². The van der Waals surface area contributed by atoms with Crippen LogP contribution in [0.4, 0.5) is 0 Å². The Morgan fingerprint density at radius 2 is 2.26 bits per heavy atom. The van der Waals surface area contributed by atoms with Gasteiger partial charge in [0.1, 0.15) is 5.75 Å². The van der Waals surface area contributed by atoms with Crippen LogP contribution in [0.2, 0.25) is 0 Å². The predicted molar refractivity (Wildman–Crippen MR) is 77.7 cm³/mol. The number of rotatable bonds is 3. The van der Waals surface area contributed by atoms with Gasteiger partial charge in [-0.2, -0.15) is 0 Å². The van der Waals surface area contributed by atoms with E-state index in [2.05, 4.69) is 22.4 Å². The summed E-state index contributed by atoms with van der Waals surface area (Å²) in [4.78, 5) is 6.41. The molecule has 0 unspecified atom stereocenters. The van der Waals surface area contributed by atoms with Crippen molar-refractivity contribution < 1.29 is 4.74 Å². The SMILES string of the molecule is COc1ccc(C)cc1-c1c(CN)sc2nccn12. The number of aromatic nitrogens is 2. The van der Waals surface area contributed by atoms with Gasteiger partial charge in [-0.3, -0.25) is 4.40 Å². The molecule has 2 heterocycles. The molecule has 19 heavy (non-hydrogen) atoms. The summed E-state index contributed by atoms with van der Waals surface area (Å²) >= 11 is 1.62. The number of hydrogen-bond acceptors (Lipinski definition) is 4. The third kappa shape index (κ3) is 1.91. The zero-order valence-electron chi connectivity index (χ0n) is 10.9. The summed E-state index contributed by atoms with van der Waals surface area (Å²) in [5.41, 5.74) is 9.21. The molecule has 0 bridgehead atoms. The van der Waals surface area contributed by atoms with E-state index >= 15 is 0 Å². The largest absolute Gasteiger partial charge is 0.496 e. The molecule has 0 saturated carbocycles. The van der Waals surface area contributed by atoms with Crippen molar-refractivity contribution in [1.29, 1.82) is 0 Å². The Labute approximate surface area is 115 Å². The summed E-state index contributed by atoms with van der Waals surface area (Å²) in [5, 5.41) is 0. The van der Waals surface area contributed by atoms with Crippen molar-refractivity contribution in [3.8, 4) is 17.0 Å². The fourth-order valence-corrected chi connectivity index (χ4v) is 3.23. The van der Waals surface area contributed by atoms with Gasteiger partial charge < -0.3 is 10.5 Å². The van der Waals surface area contributed by atoms with Crippen LogP contribution in [0.3, 0.4) is 0 Å². The molecule has 2 aromatic heterocycles. The number of benzene rings is 1. The number of ether oxygens (including phenoxy) is 1. The maximum absolute atomic E-state index is 5.87. The molecule has 3 rings (SSSR count). The quantitative estimate of drug-likeness (QED) is 0.798. The molecule has 3 aromatic rings. The maximum atomic E-state index is 5.87. The van der Waals surface area contributed by atoms with Crippen LogP contribution in [-0.2, 0) is 6.54 Å². The molecular weight excluding hydrogens is 258 g/mol. The topological polar surface area (TPSA) is 52.5 Å². The highest BCUT2D eigenvalue weighted by atomic mass is 32.1. The molecule has 0 aliphatic rings. The average Bonchev–Trinajstić information content (AvgIpc) is 2.98. The Morgan fingerprint density at radius 3 is 3.00 bits per heavy atom. The Hall–Kier alpha value is -1.85. The van der Waals surface area contributed by atoms with Gasteiger partial charge in [0.2, 0.25) is 0 Å². The second kappa shape index (κ2) is 4.68. The molecule has 4 nitrogen and oxygen atoms in total. The second-order valence-corrected chi connectivity index (χ2v) is 5.42. The van der Waals surface area contributed by atoms with Crippen LogP contribution in [0, 0.1) is 6.92 Å². The Bertz CT molecular complexity index is 729. The van der Waals surface area contributed by atoms with Crippen LogP contribution in [0.25, 0.3) is 16.2 Å². The fourth-order valence-electron chi connectivity index (χ4n) is 2.25. The van der Waals surface area contributed by atoms with E-state index in [9.17, 15) is 0 Å². The third-order valence-corrected chi connectivity index (χ3v) is 4.21. The maximum Gasteiger partial charge on any atom is 0.194 e. The number of fused-ring (bicyclic) bond motifs is 1.